The number of carbonyl (C=O) groups is 1. The Morgan fingerprint density at radius 1 is 0.974 bits per heavy atom. The first-order chi connectivity index (χ1) is 18.0. The third kappa shape index (κ3) is 6.12. The standard InChI is InChI=1S/C26H28ClN3O6S2/c1-18-24(27)6-3-7-25(18)29-37(32,33)22-12-8-20(9-13-22)28-26(31)19-5-4-16-30(17-19)38(34,35)23-14-10-21(36-2)11-15-23/h3,6-15,19,29H,4-5,16-17H2,1-2H3,(H,28,31)/t19-/m1/s1. The molecule has 1 aliphatic rings. The van der Waals surface area contributed by atoms with E-state index in [9.17, 15) is 21.6 Å². The van der Waals surface area contributed by atoms with Crippen molar-refractivity contribution in [2.45, 2.75) is 29.6 Å². The summed E-state index contributed by atoms with van der Waals surface area (Å²) >= 11 is 6.08. The molecule has 9 nitrogen and oxygen atoms in total. The van der Waals surface area contributed by atoms with E-state index in [-0.39, 0.29) is 22.2 Å². The number of methoxy groups -OCH3 is 1. The second-order valence-corrected chi connectivity index (χ2v) is 12.9. The molecule has 0 aromatic heterocycles. The molecule has 0 aliphatic carbocycles. The van der Waals surface area contributed by atoms with Gasteiger partial charge in [0.1, 0.15) is 5.75 Å². The fraction of sp³-hybridized carbons (Fsp3) is 0.269. The minimum atomic E-state index is -3.88. The number of benzene rings is 3. The van der Waals surface area contributed by atoms with E-state index in [2.05, 4.69) is 10.0 Å². The lowest BCUT2D eigenvalue weighted by Gasteiger charge is -2.31. The lowest BCUT2D eigenvalue weighted by Crippen LogP contribution is -2.43. The van der Waals surface area contributed by atoms with Gasteiger partial charge in [0.05, 0.1) is 28.5 Å². The number of piperidine rings is 1. The summed E-state index contributed by atoms with van der Waals surface area (Å²) in [6.45, 7) is 2.09. The van der Waals surface area contributed by atoms with Crippen molar-refractivity contribution in [3.8, 4) is 5.75 Å². The smallest absolute Gasteiger partial charge is 0.261 e. The molecule has 2 N–H and O–H groups in total. The quantitative estimate of drug-likeness (QED) is 0.406. The minimum absolute atomic E-state index is 0.0179. The molecular formula is C26H28ClN3O6S2. The number of hydrogen-bond acceptors (Lipinski definition) is 6. The summed E-state index contributed by atoms with van der Waals surface area (Å²) < 4.78 is 60.8. The van der Waals surface area contributed by atoms with Crippen LogP contribution < -0.4 is 14.8 Å². The second-order valence-electron chi connectivity index (χ2n) is 8.91. The Morgan fingerprint density at radius 2 is 1.63 bits per heavy atom. The molecular weight excluding hydrogens is 550 g/mol. The molecule has 12 heteroatoms. The van der Waals surface area contributed by atoms with Gasteiger partial charge in [-0.15, -0.1) is 0 Å². The normalized spacial score (nSPS) is 16.6. The third-order valence-electron chi connectivity index (χ3n) is 6.40. The van der Waals surface area contributed by atoms with Gasteiger partial charge in [-0.2, -0.15) is 4.31 Å². The van der Waals surface area contributed by atoms with Gasteiger partial charge >= 0.3 is 0 Å². The van der Waals surface area contributed by atoms with Gasteiger partial charge in [0, 0.05) is 23.8 Å². The van der Waals surface area contributed by atoms with Crippen LogP contribution in [-0.4, -0.2) is 47.2 Å². The van der Waals surface area contributed by atoms with E-state index in [1.54, 1.807) is 37.3 Å². The van der Waals surface area contributed by atoms with Gasteiger partial charge in [-0.3, -0.25) is 9.52 Å². The molecule has 1 saturated heterocycles. The lowest BCUT2D eigenvalue weighted by atomic mass is 9.99. The number of nitrogens with one attached hydrogen (secondary N) is 2. The number of hydrogen-bond donors (Lipinski definition) is 2. The number of amides is 1. The van der Waals surface area contributed by atoms with Gasteiger partial charge in [0.25, 0.3) is 10.0 Å². The average Bonchev–Trinajstić information content (AvgIpc) is 2.91. The molecule has 3 aromatic rings. The largest absolute Gasteiger partial charge is 0.497 e. The number of rotatable bonds is 8. The van der Waals surface area contributed by atoms with Crippen LogP contribution in [0, 0.1) is 12.8 Å². The molecule has 0 saturated carbocycles. The summed E-state index contributed by atoms with van der Waals surface area (Å²) in [5.41, 5.74) is 1.39. The van der Waals surface area contributed by atoms with Crippen LogP contribution in [0.25, 0.3) is 0 Å². The molecule has 1 atom stereocenters. The Bertz CT molecular complexity index is 1530. The highest BCUT2D eigenvalue weighted by Gasteiger charge is 2.33. The lowest BCUT2D eigenvalue weighted by molar-refractivity contribution is -0.120. The predicted molar refractivity (Wildman–Crippen MR) is 147 cm³/mol. The van der Waals surface area contributed by atoms with Crippen LogP contribution in [0.4, 0.5) is 11.4 Å². The minimum Gasteiger partial charge on any atom is -0.497 e. The molecule has 1 heterocycles. The summed E-state index contributed by atoms with van der Waals surface area (Å²) in [6.07, 6.45) is 1.08. The van der Waals surface area contributed by atoms with Crippen molar-refractivity contribution in [1.82, 2.24) is 4.31 Å². The van der Waals surface area contributed by atoms with Crippen LogP contribution in [0.5, 0.6) is 5.75 Å². The molecule has 38 heavy (non-hydrogen) atoms. The number of halogens is 1. The summed E-state index contributed by atoms with van der Waals surface area (Å²) in [7, 11) is -6.14. The fourth-order valence-corrected chi connectivity index (χ4v) is 6.98. The van der Waals surface area contributed by atoms with E-state index in [0.29, 0.717) is 47.1 Å². The number of anilines is 2. The number of nitrogens with zero attached hydrogens (tertiary/aromatic N) is 1. The first kappa shape index (κ1) is 27.9. The summed E-state index contributed by atoms with van der Waals surface area (Å²) in [5.74, 6) is -0.329. The van der Waals surface area contributed by atoms with Gasteiger partial charge in [0.15, 0.2) is 0 Å². The molecule has 202 valence electrons. The van der Waals surface area contributed by atoms with Gasteiger partial charge in [-0.25, -0.2) is 16.8 Å². The molecule has 1 fully saturated rings. The maximum atomic E-state index is 13.1. The van der Waals surface area contributed by atoms with Crippen LogP contribution >= 0.6 is 11.6 Å². The molecule has 1 amide bonds. The Kier molecular flexibility index (Phi) is 8.31. The average molecular weight is 578 g/mol. The van der Waals surface area contributed by atoms with E-state index in [4.69, 9.17) is 16.3 Å². The van der Waals surface area contributed by atoms with Crippen LogP contribution in [0.3, 0.4) is 0 Å². The molecule has 4 rings (SSSR count). The maximum Gasteiger partial charge on any atom is 0.261 e. The monoisotopic (exact) mass is 577 g/mol. The summed E-state index contributed by atoms with van der Waals surface area (Å²) in [6, 6.07) is 16.8. The topological polar surface area (TPSA) is 122 Å². The fourth-order valence-electron chi connectivity index (χ4n) is 4.15. The Hall–Kier alpha value is -3.12. The highest BCUT2D eigenvalue weighted by Crippen LogP contribution is 2.28. The zero-order valence-corrected chi connectivity index (χ0v) is 23.2. The number of sulfonamides is 2. The number of carbonyl (C=O) groups excluding carboxylic acids is 1. The van der Waals surface area contributed by atoms with E-state index >= 15 is 0 Å². The Labute approximate surface area is 227 Å². The molecule has 3 aromatic carbocycles. The zero-order valence-electron chi connectivity index (χ0n) is 20.8. The highest BCUT2D eigenvalue weighted by atomic mass is 35.5. The van der Waals surface area contributed by atoms with Crippen molar-refractivity contribution in [3.05, 3.63) is 77.3 Å². The highest BCUT2D eigenvalue weighted by molar-refractivity contribution is 7.92. The SMILES string of the molecule is COc1ccc(S(=O)(=O)N2CCC[C@@H](C(=O)Nc3ccc(S(=O)(=O)Nc4cccc(Cl)c4C)cc3)C2)cc1. The summed E-state index contributed by atoms with van der Waals surface area (Å²) in [5, 5.41) is 3.22. The van der Waals surface area contributed by atoms with Gasteiger partial charge in [-0.1, -0.05) is 17.7 Å². The van der Waals surface area contributed by atoms with E-state index in [1.807, 2.05) is 0 Å². The molecule has 0 unspecified atom stereocenters. The van der Waals surface area contributed by atoms with Crippen molar-refractivity contribution < 1.29 is 26.4 Å². The van der Waals surface area contributed by atoms with Gasteiger partial charge in [0.2, 0.25) is 15.9 Å². The Morgan fingerprint density at radius 3 is 2.29 bits per heavy atom. The number of ether oxygens (including phenoxy) is 1. The van der Waals surface area contributed by atoms with Crippen LogP contribution in [0.2, 0.25) is 5.02 Å². The first-order valence-corrected chi connectivity index (χ1v) is 15.1. The van der Waals surface area contributed by atoms with E-state index in [0.717, 1.165) is 0 Å². The second kappa shape index (κ2) is 11.3. The molecule has 1 aliphatic heterocycles. The van der Waals surface area contributed by atoms with Crippen molar-refractivity contribution in [3.63, 3.8) is 0 Å². The van der Waals surface area contributed by atoms with Crippen molar-refractivity contribution in [1.29, 1.82) is 0 Å². The van der Waals surface area contributed by atoms with Crippen molar-refractivity contribution >= 4 is 48.9 Å². The zero-order chi connectivity index (χ0) is 27.5. The first-order valence-electron chi connectivity index (χ1n) is 11.8. The Balaban J connectivity index is 1.41. The molecule has 0 bridgehead atoms. The molecule has 0 spiro atoms. The van der Waals surface area contributed by atoms with Crippen LogP contribution in [0.1, 0.15) is 18.4 Å². The van der Waals surface area contributed by atoms with Gasteiger partial charge in [-0.05, 0) is 86.0 Å². The third-order valence-corrected chi connectivity index (χ3v) is 10.1. The predicted octanol–water partition coefficient (Wildman–Crippen LogP) is 4.50. The van der Waals surface area contributed by atoms with Crippen LogP contribution in [-0.2, 0) is 24.8 Å². The maximum absolute atomic E-state index is 13.1. The van der Waals surface area contributed by atoms with Crippen LogP contribution in [0.15, 0.2) is 76.5 Å². The van der Waals surface area contributed by atoms with Gasteiger partial charge < -0.3 is 10.1 Å². The van der Waals surface area contributed by atoms with E-state index < -0.39 is 26.0 Å². The summed E-state index contributed by atoms with van der Waals surface area (Å²) in [4.78, 5) is 13.1. The molecule has 0 radical (unpaired) electrons. The van der Waals surface area contributed by atoms with E-state index in [1.165, 1.54) is 47.8 Å². The van der Waals surface area contributed by atoms with Crippen molar-refractivity contribution in [2.75, 3.05) is 30.2 Å². The van der Waals surface area contributed by atoms with Crippen molar-refractivity contribution in [2.24, 2.45) is 5.92 Å².